The molecule has 118 valence electrons. The number of esters is 2. The number of hydrogen-bond donors (Lipinski definition) is 1. The number of rotatable bonds is 10. The second-order valence-electron chi connectivity index (χ2n) is 4.30. The van der Waals surface area contributed by atoms with Gasteiger partial charge in [-0.25, -0.2) is 4.72 Å². The van der Waals surface area contributed by atoms with Crippen LogP contribution in [0.5, 0.6) is 0 Å². The highest BCUT2D eigenvalue weighted by Crippen LogP contribution is 2.02. The van der Waals surface area contributed by atoms with Gasteiger partial charge in [0.15, 0.2) is 0 Å². The maximum atomic E-state index is 12.4. The molecule has 0 radical (unpaired) electrons. The average Bonchev–Trinajstić information content (AvgIpc) is 2.47. The minimum atomic E-state index is -2.22. The quantitative estimate of drug-likeness (QED) is 0.368. The molecule has 0 saturated heterocycles. The van der Waals surface area contributed by atoms with Gasteiger partial charge in [0, 0.05) is 28.3 Å². The van der Waals surface area contributed by atoms with Crippen molar-refractivity contribution in [3.05, 3.63) is 0 Å². The van der Waals surface area contributed by atoms with Gasteiger partial charge in [0.25, 0.3) is 0 Å². The molecule has 0 spiro atoms. The molecular weight excluding hydrogens is 282 g/mol. The number of methoxy groups -OCH3 is 2. The molecular formula is C13H25NO5S. The molecule has 0 aromatic carbocycles. The van der Waals surface area contributed by atoms with E-state index in [1.54, 1.807) is 12.4 Å². The van der Waals surface area contributed by atoms with Crippen LogP contribution in [0.25, 0.3) is 0 Å². The van der Waals surface area contributed by atoms with Crippen molar-refractivity contribution in [2.24, 2.45) is 0 Å². The minimum Gasteiger partial charge on any atom is -0.469 e. The highest BCUT2D eigenvalue weighted by molar-refractivity contribution is 7.99. The Labute approximate surface area is 121 Å². The summed E-state index contributed by atoms with van der Waals surface area (Å²) < 4.78 is 24.3. The summed E-state index contributed by atoms with van der Waals surface area (Å²) in [5.41, 5.74) is 0. The van der Waals surface area contributed by atoms with Crippen LogP contribution in [0.3, 0.4) is 0 Å². The van der Waals surface area contributed by atoms with E-state index in [0.717, 1.165) is 0 Å². The van der Waals surface area contributed by atoms with Crippen LogP contribution in [-0.2, 0) is 28.8 Å². The van der Waals surface area contributed by atoms with E-state index in [-0.39, 0.29) is 11.9 Å². The molecule has 1 unspecified atom stereocenters. The summed E-state index contributed by atoms with van der Waals surface area (Å²) in [6.45, 7) is 0. The summed E-state index contributed by atoms with van der Waals surface area (Å²) in [6.07, 6.45) is 3.22. The molecule has 0 aliphatic rings. The molecule has 0 heterocycles. The largest absolute Gasteiger partial charge is 0.469 e. The van der Waals surface area contributed by atoms with E-state index < -0.39 is 9.71 Å². The fraction of sp³-hybridized carbons (Fsp3) is 0.769. The molecule has 20 heavy (non-hydrogen) atoms. The number of unbranched alkanes of at least 4 members (excludes halogenated alkanes) is 2. The first kappa shape index (κ1) is 18.9. The van der Waals surface area contributed by atoms with Gasteiger partial charge in [-0.2, -0.15) is 0 Å². The Morgan fingerprint density at radius 2 is 1.60 bits per heavy atom. The second kappa shape index (κ2) is 10.7. The van der Waals surface area contributed by atoms with E-state index in [1.807, 2.05) is 0 Å². The summed E-state index contributed by atoms with van der Waals surface area (Å²) in [5, 5.41) is 1.73. The Morgan fingerprint density at radius 3 is 2.10 bits per heavy atom. The third kappa shape index (κ3) is 8.92. The summed E-state index contributed by atoms with van der Waals surface area (Å²) in [6, 6.07) is 0. The first-order valence-electron chi connectivity index (χ1n) is 6.64. The van der Waals surface area contributed by atoms with E-state index >= 15 is 0 Å². The third-order valence-corrected chi connectivity index (χ3v) is 5.21. The molecule has 6 nitrogen and oxygen atoms in total. The third-order valence-electron chi connectivity index (χ3n) is 2.85. The normalized spacial score (nSPS) is 13.3. The predicted octanol–water partition coefficient (Wildman–Crippen LogP) is 0.894. The maximum absolute atomic E-state index is 12.4. The van der Waals surface area contributed by atoms with Crippen LogP contribution in [0.2, 0.25) is 0 Å². The molecule has 0 saturated carbocycles. The Bertz CT molecular complexity index is 413. The Morgan fingerprint density at radius 1 is 1.05 bits per heavy atom. The molecule has 0 fully saturated rings. The lowest BCUT2D eigenvalue weighted by molar-refractivity contribution is -0.141. The number of ether oxygens (including phenoxy) is 2. The van der Waals surface area contributed by atoms with Gasteiger partial charge in [-0.15, -0.1) is 0 Å². The van der Waals surface area contributed by atoms with Gasteiger partial charge in [-0.3, -0.25) is 13.8 Å². The van der Waals surface area contributed by atoms with Crippen molar-refractivity contribution in [2.75, 3.05) is 27.0 Å². The van der Waals surface area contributed by atoms with Crippen molar-refractivity contribution in [3.63, 3.8) is 0 Å². The smallest absolute Gasteiger partial charge is 0.305 e. The van der Waals surface area contributed by atoms with Crippen molar-refractivity contribution in [3.8, 4) is 0 Å². The summed E-state index contributed by atoms with van der Waals surface area (Å²) in [4.78, 5) is 21.9. The lowest BCUT2D eigenvalue weighted by atomic mass is 10.2. The Balaban J connectivity index is 4.08. The van der Waals surface area contributed by atoms with Crippen molar-refractivity contribution in [2.45, 2.75) is 38.5 Å². The zero-order valence-electron chi connectivity index (χ0n) is 12.5. The van der Waals surface area contributed by atoms with Crippen molar-refractivity contribution in [1.29, 1.82) is 0 Å². The molecule has 0 amide bonds. The van der Waals surface area contributed by atoms with E-state index in [1.165, 1.54) is 14.2 Å². The zero-order chi connectivity index (χ0) is 15.4. The molecule has 0 aromatic heterocycles. The van der Waals surface area contributed by atoms with Crippen LogP contribution < -0.4 is 4.72 Å². The fourth-order valence-electron chi connectivity index (χ4n) is 1.58. The molecule has 0 aliphatic carbocycles. The highest BCUT2D eigenvalue weighted by atomic mass is 32.2. The molecule has 1 atom stereocenters. The lowest BCUT2D eigenvalue weighted by Crippen LogP contribution is -2.24. The molecule has 0 aliphatic heterocycles. The van der Waals surface area contributed by atoms with Gasteiger partial charge in [0.1, 0.15) is 0 Å². The van der Waals surface area contributed by atoms with Gasteiger partial charge in [0.05, 0.1) is 14.2 Å². The van der Waals surface area contributed by atoms with Gasteiger partial charge in [-0.05, 0) is 38.1 Å². The monoisotopic (exact) mass is 307 g/mol. The van der Waals surface area contributed by atoms with Crippen LogP contribution >= 0.6 is 0 Å². The van der Waals surface area contributed by atoms with E-state index in [9.17, 15) is 13.8 Å². The first-order valence-corrected chi connectivity index (χ1v) is 8.43. The van der Waals surface area contributed by atoms with Crippen LogP contribution in [0.15, 0.2) is 0 Å². The van der Waals surface area contributed by atoms with Gasteiger partial charge in [-0.1, -0.05) is 0 Å². The van der Waals surface area contributed by atoms with E-state index in [2.05, 4.69) is 14.2 Å². The van der Waals surface area contributed by atoms with Crippen LogP contribution in [0.4, 0.5) is 0 Å². The highest BCUT2D eigenvalue weighted by Gasteiger charge is 2.06. The predicted molar refractivity (Wildman–Crippen MR) is 79.9 cm³/mol. The molecule has 1 N–H and O–H groups in total. The second-order valence-corrected chi connectivity index (χ2v) is 6.91. The number of carbonyl (C=O) groups excluding carboxylic acids is 2. The minimum absolute atomic E-state index is 0.247. The summed E-state index contributed by atoms with van der Waals surface area (Å²) in [7, 11) is 2.14. The fourth-order valence-corrected chi connectivity index (χ4v) is 3.30. The average molecular weight is 307 g/mol. The van der Waals surface area contributed by atoms with Gasteiger partial charge >= 0.3 is 11.9 Å². The standard InChI is InChI=1S/C13H25NO5S/c1-14-20(17,10-6-4-8-12(15)18-2)11-7-5-9-13(16)19-3/h10H,4-9,11H2,1-3H3,(H,14,17). The van der Waals surface area contributed by atoms with Crippen molar-refractivity contribution < 1.29 is 23.3 Å². The van der Waals surface area contributed by atoms with Crippen LogP contribution in [0.1, 0.15) is 38.5 Å². The van der Waals surface area contributed by atoms with Crippen molar-refractivity contribution in [1.82, 2.24) is 4.72 Å². The van der Waals surface area contributed by atoms with E-state index in [0.29, 0.717) is 44.3 Å². The van der Waals surface area contributed by atoms with Gasteiger partial charge in [0.2, 0.25) is 0 Å². The van der Waals surface area contributed by atoms with Gasteiger partial charge < -0.3 is 9.47 Å². The number of carbonyl (C=O) groups is 2. The number of hydrogen-bond acceptors (Lipinski definition) is 5. The molecule has 0 aromatic rings. The van der Waals surface area contributed by atoms with Crippen LogP contribution in [-0.4, -0.2) is 48.5 Å². The van der Waals surface area contributed by atoms with Crippen molar-refractivity contribution >= 4 is 27.0 Å². The molecule has 0 bridgehead atoms. The molecule has 7 heteroatoms. The topological polar surface area (TPSA) is 81.7 Å². The maximum Gasteiger partial charge on any atom is 0.305 e. The summed E-state index contributed by atoms with van der Waals surface area (Å²) >= 11 is 0. The lowest BCUT2D eigenvalue weighted by Gasteiger charge is -2.09. The zero-order valence-corrected chi connectivity index (χ0v) is 13.3. The SMILES string of the molecule is CNS(=O)(=CCCCC(=O)OC)CCCCC(=O)OC. The van der Waals surface area contributed by atoms with E-state index in [4.69, 9.17) is 0 Å². The molecule has 0 rings (SSSR count). The van der Waals surface area contributed by atoms with Crippen LogP contribution in [0, 0.1) is 0 Å². The Kier molecular flexibility index (Phi) is 10.1. The first-order chi connectivity index (χ1) is 9.47. The number of nitrogens with one attached hydrogen (secondary N) is 1. The summed E-state index contributed by atoms with van der Waals surface area (Å²) in [5.74, 6) is -0.0194. The Hall–Kier alpha value is -1.08.